The lowest BCUT2D eigenvalue weighted by molar-refractivity contribution is 0.0368. The molecule has 0 heterocycles. The molecule has 1 rings (SSSR count). The number of likely N-dealkylation sites (N-methyl/N-ethyl adjacent to an activating group) is 1. The fourth-order valence-corrected chi connectivity index (χ4v) is 1.89. The van der Waals surface area contributed by atoms with Gasteiger partial charge in [0, 0.05) is 18.6 Å². The van der Waals surface area contributed by atoms with Gasteiger partial charge in [0.15, 0.2) is 0 Å². The Bertz CT molecular complexity index is 427. The Balaban J connectivity index is 2.93. The van der Waals surface area contributed by atoms with Crippen molar-refractivity contribution in [1.82, 2.24) is 4.90 Å². The highest BCUT2D eigenvalue weighted by molar-refractivity contribution is 6.35. The summed E-state index contributed by atoms with van der Waals surface area (Å²) in [6.07, 6.45) is 0. The van der Waals surface area contributed by atoms with Crippen molar-refractivity contribution in [1.29, 1.82) is 0 Å². The molecule has 17 heavy (non-hydrogen) atoms. The normalized spacial score (nSPS) is 11.4. The predicted octanol–water partition coefficient (Wildman–Crippen LogP) is 2.84. The number of hydrogen-bond acceptors (Lipinski definition) is 2. The number of aliphatic hydroxyl groups is 1. The van der Waals surface area contributed by atoms with Crippen LogP contribution in [0.3, 0.4) is 0 Å². The van der Waals surface area contributed by atoms with Crippen molar-refractivity contribution < 1.29 is 9.90 Å². The van der Waals surface area contributed by atoms with Crippen LogP contribution < -0.4 is 0 Å². The van der Waals surface area contributed by atoms with Crippen LogP contribution in [-0.2, 0) is 0 Å². The highest BCUT2D eigenvalue weighted by atomic mass is 35.5. The Morgan fingerprint density at radius 2 is 2.00 bits per heavy atom. The summed E-state index contributed by atoms with van der Waals surface area (Å²) in [6.45, 7) is 3.49. The van der Waals surface area contributed by atoms with Gasteiger partial charge in [0.25, 0.3) is 5.91 Å². The monoisotopic (exact) mass is 275 g/mol. The van der Waals surface area contributed by atoms with Gasteiger partial charge in [0.1, 0.15) is 0 Å². The van der Waals surface area contributed by atoms with Crippen molar-refractivity contribution in [2.24, 2.45) is 0 Å². The standard InChI is InChI=1S/C12H15Cl2NO2/c1-12(2,17)7-15(3)11(16)9-6-8(13)4-5-10(9)14/h4-6,17H,7H2,1-3H3. The molecule has 0 aliphatic rings. The van der Waals surface area contributed by atoms with Crippen molar-refractivity contribution in [2.45, 2.75) is 19.4 Å². The zero-order valence-corrected chi connectivity index (χ0v) is 11.5. The van der Waals surface area contributed by atoms with Crippen molar-refractivity contribution in [2.75, 3.05) is 13.6 Å². The van der Waals surface area contributed by atoms with E-state index in [0.717, 1.165) is 0 Å². The highest BCUT2D eigenvalue weighted by Crippen LogP contribution is 2.22. The zero-order valence-electron chi connectivity index (χ0n) is 10.00. The molecule has 1 amide bonds. The van der Waals surface area contributed by atoms with Gasteiger partial charge in [-0.15, -0.1) is 0 Å². The Morgan fingerprint density at radius 3 is 2.53 bits per heavy atom. The first kappa shape index (κ1) is 14.3. The minimum Gasteiger partial charge on any atom is -0.389 e. The Kier molecular flexibility index (Phi) is 4.42. The second-order valence-corrected chi connectivity index (χ2v) is 5.44. The van der Waals surface area contributed by atoms with Gasteiger partial charge in [-0.2, -0.15) is 0 Å². The predicted molar refractivity (Wildman–Crippen MR) is 69.7 cm³/mol. The quantitative estimate of drug-likeness (QED) is 0.922. The van der Waals surface area contributed by atoms with Gasteiger partial charge in [-0.05, 0) is 32.0 Å². The molecule has 3 nitrogen and oxygen atoms in total. The lowest BCUT2D eigenvalue weighted by Gasteiger charge is -2.25. The van der Waals surface area contributed by atoms with Crippen LogP contribution in [0, 0.1) is 0 Å². The number of nitrogens with zero attached hydrogens (tertiary/aromatic N) is 1. The third-order valence-corrected chi connectivity index (χ3v) is 2.69. The van der Waals surface area contributed by atoms with E-state index in [4.69, 9.17) is 23.2 Å². The van der Waals surface area contributed by atoms with E-state index < -0.39 is 5.60 Å². The summed E-state index contributed by atoms with van der Waals surface area (Å²) in [7, 11) is 1.61. The maximum Gasteiger partial charge on any atom is 0.255 e. The zero-order chi connectivity index (χ0) is 13.2. The van der Waals surface area contributed by atoms with Gasteiger partial charge in [0.05, 0.1) is 16.2 Å². The van der Waals surface area contributed by atoms with E-state index in [1.165, 1.54) is 11.0 Å². The van der Waals surface area contributed by atoms with Crippen LogP contribution >= 0.6 is 23.2 Å². The van der Waals surface area contributed by atoms with Crippen LogP contribution in [0.2, 0.25) is 10.0 Å². The van der Waals surface area contributed by atoms with Gasteiger partial charge in [-0.25, -0.2) is 0 Å². The lowest BCUT2D eigenvalue weighted by atomic mass is 10.1. The van der Waals surface area contributed by atoms with E-state index in [9.17, 15) is 9.90 Å². The average Bonchev–Trinajstić information content (AvgIpc) is 2.18. The van der Waals surface area contributed by atoms with E-state index in [0.29, 0.717) is 15.6 Å². The molecule has 0 unspecified atom stereocenters. The average molecular weight is 276 g/mol. The molecule has 0 aromatic heterocycles. The fourth-order valence-electron chi connectivity index (χ4n) is 1.52. The summed E-state index contributed by atoms with van der Waals surface area (Å²) in [5.41, 5.74) is -0.610. The summed E-state index contributed by atoms with van der Waals surface area (Å²) < 4.78 is 0. The summed E-state index contributed by atoms with van der Waals surface area (Å²) in [5, 5.41) is 10.5. The molecule has 0 saturated heterocycles. The highest BCUT2D eigenvalue weighted by Gasteiger charge is 2.21. The van der Waals surface area contributed by atoms with E-state index in [1.807, 2.05) is 0 Å². The second kappa shape index (κ2) is 5.25. The third kappa shape index (κ3) is 4.19. The molecular weight excluding hydrogens is 261 g/mol. The van der Waals surface area contributed by atoms with E-state index in [2.05, 4.69) is 0 Å². The van der Waals surface area contributed by atoms with Gasteiger partial charge < -0.3 is 10.0 Å². The molecule has 1 aromatic carbocycles. The molecule has 94 valence electrons. The summed E-state index contributed by atoms with van der Waals surface area (Å²) in [4.78, 5) is 13.5. The SMILES string of the molecule is CN(CC(C)(C)O)C(=O)c1cc(Cl)ccc1Cl. The Morgan fingerprint density at radius 1 is 1.41 bits per heavy atom. The van der Waals surface area contributed by atoms with E-state index in [-0.39, 0.29) is 12.5 Å². The Labute approximate surface area is 111 Å². The van der Waals surface area contributed by atoms with Gasteiger partial charge in [-0.1, -0.05) is 23.2 Å². The summed E-state index contributed by atoms with van der Waals surface area (Å²) in [5.74, 6) is -0.264. The molecule has 0 atom stereocenters. The summed E-state index contributed by atoms with van der Waals surface area (Å²) in [6, 6.07) is 4.72. The molecular formula is C12H15Cl2NO2. The van der Waals surface area contributed by atoms with Crippen LogP contribution in [-0.4, -0.2) is 35.1 Å². The molecule has 0 aliphatic heterocycles. The molecule has 0 radical (unpaired) electrons. The number of carbonyl (C=O) groups is 1. The first-order valence-electron chi connectivity index (χ1n) is 5.13. The van der Waals surface area contributed by atoms with Crippen molar-refractivity contribution >= 4 is 29.1 Å². The molecule has 0 aliphatic carbocycles. The molecule has 0 saturated carbocycles. The number of hydrogen-bond donors (Lipinski definition) is 1. The van der Waals surface area contributed by atoms with Crippen LogP contribution in [0.5, 0.6) is 0 Å². The fraction of sp³-hybridized carbons (Fsp3) is 0.417. The van der Waals surface area contributed by atoms with Crippen LogP contribution in [0.1, 0.15) is 24.2 Å². The number of carbonyl (C=O) groups excluding carboxylic acids is 1. The van der Waals surface area contributed by atoms with Crippen molar-refractivity contribution in [3.8, 4) is 0 Å². The van der Waals surface area contributed by atoms with Gasteiger partial charge in [0.2, 0.25) is 0 Å². The van der Waals surface area contributed by atoms with Crippen LogP contribution in [0.15, 0.2) is 18.2 Å². The minimum atomic E-state index is -0.949. The second-order valence-electron chi connectivity index (χ2n) is 4.60. The topological polar surface area (TPSA) is 40.5 Å². The van der Waals surface area contributed by atoms with Gasteiger partial charge in [-0.3, -0.25) is 4.79 Å². The Hall–Kier alpha value is -0.770. The first-order valence-corrected chi connectivity index (χ1v) is 5.89. The number of amides is 1. The molecule has 0 fully saturated rings. The molecule has 0 bridgehead atoms. The molecule has 0 spiro atoms. The van der Waals surface area contributed by atoms with Crippen molar-refractivity contribution in [3.63, 3.8) is 0 Å². The number of rotatable bonds is 3. The number of halogens is 2. The van der Waals surface area contributed by atoms with Crippen LogP contribution in [0.25, 0.3) is 0 Å². The maximum atomic E-state index is 12.1. The van der Waals surface area contributed by atoms with Crippen LogP contribution in [0.4, 0.5) is 0 Å². The smallest absolute Gasteiger partial charge is 0.255 e. The first-order chi connectivity index (χ1) is 7.70. The minimum absolute atomic E-state index is 0.217. The van der Waals surface area contributed by atoms with Crippen molar-refractivity contribution in [3.05, 3.63) is 33.8 Å². The van der Waals surface area contributed by atoms with E-state index in [1.54, 1.807) is 33.0 Å². The van der Waals surface area contributed by atoms with E-state index >= 15 is 0 Å². The molecule has 1 aromatic rings. The summed E-state index contributed by atoms with van der Waals surface area (Å²) >= 11 is 11.8. The largest absolute Gasteiger partial charge is 0.389 e. The molecule has 1 N–H and O–H groups in total. The third-order valence-electron chi connectivity index (χ3n) is 2.13. The maximum absolute atomic E-state index is 12.1. The van der Waals surface area contributed by atoms with Gasteiger partial charge >= 0.3 is 0 Å². The lowest BCUT2D eigenvalue weighted by Crippen LogP contribution is -2.39. The molecule has 5 heteroatoms. The number of benzene rings is 1.